The van der Waals surface area contributed by atoms with Gasteiger partial charge in [0, 0.05) is 35.6 Å². The van der Waals surface area contributed by atoms with Gasteiger partial charge in [-0.15, -0.1) is 10.2 Å². The number of nitrogens with one attached hydrogen (secondary N) is 1. The molecule has 1 aliphatic rings. The summed E-state index contributed by atoms with van der Waals surface area (Å²) in [5.74, 6) is 1.49. The molecule has 1 amide bonds. The summed E-state index contributed by atoms with van der Waals surface area (Å²) in [4.78, 5) is 18.8. The normalized spacial score (nSPS) is 16.9. The van der Waals surface area contributed by atoms with Crippen molar-refractivity contribution >= 4 is 33.3 Å². The van der Waals surface area contributed by atoms with Gasteiger partial charge >= 0.3 is 0 Å². The second kappa shape index (κ2) is 7.87. The number of carbonyl (C=O) groups is 1. The molecule has 1 saturated heterocycles. The molecule has 0 radical (unpaired) electrons. The SMILES string of the molecule is O=C(Nc1ccc(Br)cc1)C1CCCN(c2ccc(-n3ccnc3)nn2)C1. The van der Waals surface area contributed by atoms with E-state index in [4.69, 9.17) is 0 Å². The zero-order valence-electron chi connectivity index (χ0n) is 14.6. The van der Waals surface area contributed by atoms with Gasteiger partial charge in [-0.1, -0.05) is 15.9 Å². The molecule has 7 nitrogen and oxygen atoms in total. The molecule has 1 atom stereocenters. The summed E-state index contributed by atoms with van der Waals surface area (Å²) >= 11 is 3.40. The standard InChI is InChI=1S/C19H19BrN6O/c20-15-3-5-16(6-4-15)22-19(27)14-2-1-10-25(12-14)17-7-8-18(24-23-17)26-11-9-21-13-26/h3-9,11,13-14H,1-2,10,12H2,(H,22,27). The number of rotatable bonds is 4. The van der Waals surface area contributed by atoms with Gasteiger partial charge in [-0.25, -0.2) is 4.98 Å². The Bertz CT molecular complexity index is 895. The lowest BCUT2D eigenvalue weighted by Crippen LogP contribution is -2.41. The highest BCUT2D eigenvalue weighted by atomic mass is 79.9. The fraction of sp³-hybridized carbons (Fsp3) is 0.263. The van der Waals surface area contributed by atoms with Gasteiger partial charge in [0.05, 0.1) is 5.92 Å². The Balaban J connectivity index is 1.41. The van der Waals surface area contributed by atoms with Crippen LogP contribution >= 0.6 is 15.9 Å². The first-order valence-electron chi connectivity index (χ1n) is 8.82. The van der Waals surface area contributed by atoms with Crippen LogP contribution in [0.5, 0.6) is 0 Å². The lowest BCUT2D eigenvalue weighted by molar-refractivity contribution is -0.120. The van der Waals surface area contributed by atoms with Crippen molar-refractivity contribution in [3.63, 3.8) is 0 Å². The van der Waals surface area contributed by atoms with Crippen LogP contribution in [0.4, 0.5) is 11.5 Å². The molecule has 0 spiro atoms. The van der Waals surface area contributed by atoms with Crippen molar-refractivity contribution < 1.29 is 4.79 Å². The van der Waals surface area contributed by atoms with Gasteiger partial charge in [0.1, 0.15) is 6.33 Å². The number of amides is 1. The molecule has 8 heteroatoms. The van der Waals surface area contributed by atoms with Crippen molar-refractivity contribution in [2.45, 2.75) is 12.8 Å². The molecule has 1 unspecified atom stereocenters. The average molecular weight is 427 g/mol. The summed E-state index contributed by atoms with van der Waals surface area (Å²) in [6, 6.07) is 11.5. The minimum absolute atomic E-state index is 0.0463. The molecule has 1 aliphatic heterocycles. The highest BCUT2D eigenvalue weighted by molar-refractivity contribution is 9.10. The van der Waals surface area contributed by atoms with E-state index < -0.39 is 0 Å². The van der Waals surface area contributed by atoms with Crippen molar-refractivity contribution in [1.82, 2.24) is 19.7 Å². The van der Waals surface area contributed by atoms with Crippen LogP contribution < -0.4 is 10.2 Å². The first-order valence-corrected chi connectivity index (χ1v) is 9.62. The summed E-state index contributed by atoms with van der Waals surface area (Å²) in [6.07, 6.45) is 7.04. The molecule has 1 N–H and O–H groups in total. The van der Waals surface area contributed by atoms with Crippen LogP contribution in [0.3, 0.4) is 0 Å². The Kier molecular flexibility index (Phi) is 5.15. The van der Waals surface area contributed by atoms with Crippen LogP contribution in [0.15, 0.2) is 59.6 Å². The van der Waals surface area contributed by atoms with E-state index in [1.54, 1.807) is 17.1 Å². The third-order valence-electron chi connectivity index (χ3n) is 4.63. The minimum atomic E-state index is -0.0717. The lowest BCUT2D eigenvalue weighted by atomic mass is 9.97. The molecule has 0 saturated carbocycles. The maximum Gasteiger partial charge on any atom is 0.229 e. The smallest absolute Gasteiger partial charge is 0.229 e. The number of aromatic nitrogens is 4. The van der Waals surface area contributed by atoms with Crippen LogP contribution in [0.2, 0.25) is 0 Å². The Morgan fingerprint density at radius 1 is 1.11 bits per heavy atom. The minimum Gasteiger partial charge on any atom is -0.354 e. The number of nitrogens with zero attached hydrogens (tertiary/aromatic N) is 5. The van der Waals surface area contributed by atoms with E-state index in [0.717, 1.165) is 41.2 Å². The molecular weight excluding hydrogens is 408 g/mol. The third-order valence-corrected chi connectivity index (χ3v) is 5.16. The van der Waals surface area contributed by atoms with Crippen molar-refractivity contribution in [3.8, 4) is 5.82 Å². The van der Waals surface area contributed by atoms with Gasteiger partial charge in [0.25, 0.3) is 0 Å². The Labute approximate surface area is 165 Å². The molecule has 27 heavy (non-hydrogen) atoms. The summed E-state index contributed by atoms with van der Waals surface area (Å²) in [5.41, 5.74) is 0.810. The first-order chi connectivity index (χ1) is 13.2. The molecule has 0 bridgehead atoms. The molecule has 2 aromatic heterocycles. The van der Waals surface area contributed by atoms with E-state index >= 15 is 0 Å². The number of benzene rings is 1. The first kappa shape index (κ1) is 17.7. The van der Waals surface area contributed by atoms with Crippen LogP contribution in [0.25, 0.3) is 5.82 Å². The fourth-order valence-corrected chi connectivity index (χ4v) is 3.46. The van der Waals surface area contributed by atoms with E-state index in [1.807, 2.05) is 42.6 Å². The van der Waals surface area contributed by atoms with E-state index in [9.17, 15) is 4.79 Å². The third kappa shape index (κ3) is 4.16. The van der Waals surface area contributed by atoms with Gasteiger partial charge in [0.15, 0.2) is 11.6 Å². The van der Waals surface area contributed by atoms with Crippen LogP contribution in [0.1, 0.15) is 12.8 Å². The van der Waals surface area contributed by atoms with Crippen LogP contribution in [-0.4, -0.2) is 38.7 Å². The quantitative estimate of drug-likeness (QED) is 0.692. The van der Waals surface area contributed by atoms with Gasteiger partial charge in [-0.3, -0.25) is 9.36 Å². The maximum absolute atomic E-state index is 12.6. The topological polar surface area (TPSA) is 75.9 Å². The molecular formula is C19H19BrN6O. The van der Waals surface area contributed by atoms with Crippen LogP contribution in [0, 0.1) is 5.92 Å². The van der Waals surface area contributed by atoms with Gasteiger partial charge in [-0.2, -0.15) is 0 Å². The maximum atomic E-state index is 12.6. The van der Waals surface area contributed by atoms with Crippen molar-refractivity contribution in [2.24, 2.45) is 5.92 Å². The van der Waals surface area contributed by atoms with Crippen molar-refractivity contribution in [3.05, 3.63) is 59.6 Å². The lowest BCUT2D eigenvalue weighted by Gasteiger charge is -2.32. The number of halogens is 1. The highest BCUT2D eigenvalue weighted by Gasteiger charge is 2.26. The summed E-state index contributed by atoms with van der Waals surface area (Å²) in [7, 11) is 0. The predicted molar refractivity (Wildman–Crippen MR) is 107 cm³/mol. The summed E-state index contributed by atoms with van der Waals surface area (Å²) < 4.78 is 2.80. The monoisotopic (exact) mass is 426 g/mol. The molecule has 4 rings (SSSR count). The fourth-order valence-electron chi connectivity index (χ4n) is 3.20. The second-order valence-electron chi connectivity index (χ2n) is 6.50. The van der Waals surface area contributed by atoms with Gasteiger partial charge < -0.3 is 10.2 Å². The molecule has 0 aliphatic carbocycles. The number of hydrogen-bond donors (Lipinski definition) is 1. The Morgan fingerprint density at radius 2 is 1.89 bits per heavy atom. The second-order valence-corrected chi connectivity index (χ2v) is 7.42. The molecule has 3 aromatic rings. The highest BCUT2D eigenvalue weighted by Crippen LogP contribution is 2.23. The zero-order chi connectivity index (χ0) is 18.6. The van der Waals surface area contributed by atoms with Crippen LogP contribution in [-0.2, 0) is 4.79 Å². The number of carbonyl (C=O) groups excluding carboxylic acids is 1. The van der Waals surface area contributed by atoms with Crippen molar-refractivity contribution in [1.29, 1.82) is 0 Å². The Hall–Kier alpha value is -2.74. The van der Waals surface area contributed by atoms with Gasteiger partial charge in [0.2, 0.25) is 5.91 Å². The van der Waals surface area contributed by atoms with Crippen molar-refractivity contribution in [2.75, 3.05) is 23.3 Å². The van der Waals surface area contributed by atoms with E-state index in [0.29, 0.717) is 6.54 Å². The number of anilines is 2. The molecule has 3 heterocycles. The van der Waals surface area contributed by atoms with Gasteiger partial charge in [-0.05, 0) is 49.2 Å². The van der Waals surface area contributed by atoms with E-state index in [2.05, 4.69) is 41.3 Å². The molecule has 138 valence electrons. The number of imidazole rings is 1. The molecule has 1 fully saturated rings. The zero-order valence-corrected chi connectivity index (χ0v) is 16.2. The summed E-state index contributed by atoms with van der Waals surface area (Å²) in [5, 5.41) is 11.6. The van der Waals surface area contributed by atoms with E-state index in [-0.39, 0.29) is 11.8 Å². The predicted octanol–water partition coefficient (Wildman–Crippen LogP) is 3.28. The Morgan fingerprint density at radius 3 is 2.59 bits per heavy atom. The average Bonchev–Trinajstić information content (AvgIpc) is 3.25. The van der Waals surface area contributed by atoms with E-state index in [1.165, 1.54) is 0 Å². The number of hydrogen-bond acceptors (Lipinski definition) is 5. The number of piperidine rings is 1. The largest absolute Gasteiger partial charge is 0.354 e. The summed E-state index contributed by atoms with van der Waals surface area (Å²) in [6.45, 7) is 1.52. The molecule has 1 aromatic carbocycles.